The van der Waals surface area contributed by atoms with E-state index in [0.717, 1.165) is 17.7 Å². The fraction of sp³-hybridized carbons (Fsp3) is 0.192. The summed E-state index contributed by atoms with van der Waals surface area (Å²) in [4.78, 5) is 21.9. The van der Waals surface area contributed by atoms with Crippen molar-refractivity contribution >= 4 is 45.0 Å². The minimum atomic E-state index is -5.07. The average molecular weight is 613 g/mol. The molecule has 40 heavy (non-hydrogen) atoms. The van der Waals surface area contributed by atoms with Crippen LogP contribution in [0.15, 0.2) is 60.8 Å². The summed E-state index contributed by atoms with van der Waals surface area (Å²) in [7, 11) is -5.07. The summed E-state index contributed by atoms with van der Waals surface area (Å²) >= 11 is 12.5. The number of aromatic nitrogens is 3. The SMILES string of the molecule is Cc1ccc(NC(=O)c2nc(-c3ccc(Cl)cc3Cl)n(-c3ccc(C(CC(F)(F)F)S(=O)(=O)O)cc3)c2C)nc1. The van der Waals surface area contributed by atoms with Crippen molar-refractivity contribution in [2.75, 3.05) is 5.32 Å². The molecular formula is C26H21Cl2F3N4O4S. The zero-order chi connectivity index (χ0) is 29.4. The summed E-state index contributed by atoms with van der Waals surface area (Å²) in [5.74, 6) is -0.0661. The highest BCUT2D eigenvalue weighted by molar-refractivity contribution is 7.86. The van der Waals surface area contributed by atoms with Crippen LogP contribution in [0.3, 0.4) is 0 Å². The Morgan fingerprint density at radius 1 is 1.07 bits per heavy atom. The number of aryl methyl sites for hydroxylation is 1. The van der Waals surface area contributed by atoms with Gasteiger partial charge in [0.2, 0.25) is 0 Å². The van der Waals surface area contributed by atoms with Gasteiger partial charge in [0, 0.05) is 22.5 Å². The molecule has 2 N–H and O–H groups in total. The summed E-state index contributed by atoms with van der Waals surface area (Å²) in [5.41, 5.74) is 1.73. The van der Waals surface area contributed by atoms with E-state index in [0.29, 0.717) is 27.8 Å². The molecule has 0 bridgehead atoms. The summed E-state index contributed by atoms with van der Waals surface area (Å²) in [5, 5.41) is 1.05. The lowest BCUT2D eigenvalue weighted by molar-refractivity contribution is -0.135. The average Bonchev–Trinajstić information content (AvgIpc) is 3.20. The molecule has 14 heteroatoms. The summed E-state index contributed by atoms with van der Waals surface area (Å²) < 4.78 is 73.6. The number of rotatable bonds is 7. The largest absolute Gasteiger partial charge is 0.390 e. The molecule has 2 heterocycles. The van der Waals surface area contributed by atoms with E-state index in [1.54, 1.807) is 42.0 Å². The van der Waals surface area contributed by atoms with Crippen LogP contribution in [0, 0.1) is 13.8 Å². The Hall–Kier alpha value is -3.45. The number of benzene rings is 2. The summed E-state index contributed by atoms with van der Waals surface area (Å²) in [6.07, 6.45) is -5.02. The molecule has 2 aromatic heterocycles. The predicted molar refractivity (Wildman–Crippen MR) is 146 cm³/mol. The number of carbonyl (C=O) groups excluding carboxylic acids is 1. The molecule has 0 saturated heterocycles. The Bertz CT molecular complexity index is 1670. The minimum absolute atomic E-state index is 0.0142. The molecule has 210 valence electrons. The van der Waals surface area contributed by atoms with Crippen LogP contribution in [0.2, 0.25) is 10.0 Å². The van der Waals surface area contributed by atoms with Crippen LogP contribution in [0.5, 0.6) is 0 Å². The fourth-order valence-electron chi connectivity index (χ4n) is 4.04. The maximum atomic E-state index is 13.2. The van der Waals surface area contributed by atoms with E-state index < -0.39 is 33.9 Å². The number of imidazole rings is 1. The molecule has 4 aromatic rings. The van der Waals surface area contributed by atoms with Gasteiger partial charge in [-0.25, -0.2) is 9.97 Å². The quantitative estimate of drug-likeness (QED) is 0.217. The molecule has 0 saturated carbocycles. The number of pyridine rings is 1. The van der Waals surface area contributed by atoms with Crippen LogP contribution in [-0.2, 0) is 10.1 Å². The van der Waals surface area contributed by atoms with E-state index >= 15 is 0 Å². The second-order valence-electron chi connectivity index (χ2n) is 8.92. The van der Waals surface area contributed by atoms with E-state index in [2.05, 4.69) is 15.3 Å². The molecule has 4 rings (SSSR count). The summed E-state index contributed by atoms with van der Waals surface area (Å²) in [6, 6.07) is 13.1. The Balaban J connectivity index is 1.82. The monoisotopic (exact) mass is 612 g/mol. The number of nitrogens with zero attached hydrogens (tertiary/aromatic N) is 3. The van der Waals surface area contributed by atoms with Crippen molar-refractivity contribution in [3.8, 4) is 17.1 Å². The zero-order valence-electron chi connectivity index (χ0n) is 20.9. The number of hydrogen-bond acceptors (Lipinski definition) is 5. The van der Waals surface area contributed by atoms with Crippen molar-refractivity contribution in [3.05, 3.63) is 93.4 Å². The van der Waals surface area contributed by atoms with Crippen molar-refractivity contribution < 1.29 is 30.9 Å². The number of halogens is 5. The second kappa shape index (κ2) is 11.2. The third-order valence-electron chi connectivity index (χ3n) is 5.95. The van der Waals surface area contributed by atoms with Gasteiger partial charge < -0.3 is 5.32 Å². The van der Waals surface area contributed by atoms with Crippen LogP contribution in [0.4, 0.5) is 19.0 Å². The second-order valence-corrected chi connectivity index (χ2v) is 11.4. The van der Waals surface area contributed by atoms with Gasteiger partial charge in [0.05, 0.1) is 17.1 Å². The number of hydrogen-bond donors (Lipinski definition) is 2. The molecule has 0 radical (unpaired) electrons. The van der Waals surface area contributed by atoms with Gasteiger partial charge in [-0.05, 0) is 61.4 Å². The number of carbonyl (C=O) groups is 1. The van der Waals surface area contributed by atoms with Gasteiger partial charge in [-0.1, -0.05) is 41.4 Å². The predicted octanol–water partition coefficient (Wildman–Crippen LogP) is 6.99. The van der Waals surface area contributed by atoms with Gasteiger partial charge in [0.15, 0.2) is 5.69 Å². The highest BCUT2D eigenvalue weighted by Crippen LogP contribution is 2.37. The van der Waals surface area contributed by atoms with Crippen molar-refractivity contribution in [1.29, 1.82) is 0 Å². The fourth-order valence-corrected chi connectivity index (χ4v) is 5.44. The highest BCUT2D eigenvalue weighted by Gasteiger charge is 2.39. The Kier molecular flexibility index (Phi) is 8.27. The lowest BCUT2D eigenvalue weighted by atomic mass is 10.1. The first kappa shape index (κ1) is 29.5. The minimum Gasteiger partial charge on any atom is -0.305 e. The van der Waals surface area contributed by atoms with E-state index in [1.807, 2.05) is 6.92 Å². The van der Waals surface area contributed by atoms with Crippen LogP contribution >= 0.6 is 23.2 Å². The Labute approximate surface area is 237 Å². The number of alkyl halides is 3. The van der Waals surface area contributed by atoms with Crippen LogP contribution < -0.4 is 5.32 Å². The highest BCUT2D eigenvalue weighted by atomic mass is 35.5. The summed E-state index contributed by atoms with van der Waals surface area (Å²) in [6.45, 7) is 3.45. The molecule has 0 aliphatic carbocycles. The molecule has 0 fully saturated rings. The normalized spacial score (nSPS) is 12.8. The molecule has 0 aliphatic heterocycles. The van der Waals surface area contributed by atoms with Gasteiger partial charge in [0.25, 0.3) is 16.0 Å². The van der Waals surface area contributed by atoms with Crippen LogP contribution in [-0.4, -0.2) is 39.6 Å². The first-order valence-electron chi connectivity index (χ1n) is 11.6. The molecule has 0 aliphatic rings. The van der Waals surface area contributed by atoms with Crippen LogP contribution in [0.25, 0.3) is 17.1 Å². The smallest absolute Gasteiger partial charge is 0.305 e. The molecule has 2 aromatic carbocycles. The molecule has 1 unspecified atom stereocenters. The maximum absolute atomic E-state index is 13.2. The molecule has 1 amide bonds. The molecule has 1 atom stereocenters. The Morgan fingerprint density at radius 3 is 2.30 bits per heavy atom. The van der Waals surface area contributed by atoms with Crippen molar-refractivity contribution in [3.63, 3.8) is 0 Å². The Morgan fingerprint density at radius 2 is 1.75 bits per heavy atom. The lowest BCUT2D eigenvalue weighted by Gasteiger charge is -2.17. The molecule has 8 nitrogen and oxygen atoms in total. The third-order valence-corrected chi connectivity index (χ3v) is 7.65. The van der Waals surface area contributed by atoms with Crippen molar-refractivity contribution in [2.24, 2.45) is 0 Å². The number of anilines is 1. The van der Waals surface area contributed by atoms with Gasteiger partial charge in [-0.2, -0.15) is 21.6 Å². The van der Waals surface area contributed by atoms with Gasteiger partial charge >= 0.3 is 6.18 Å². The van der Waals surface area contributed by atoms with Gasteiger partial charge in [0.1, 0.15) is 16.9 Å². The first-order valence-corrected chi connectivity index (χ1v) is 13.8. The standard InChI is InChI=1S/C26H21Cl2F3N4O4S/c1-14-3-10-22(32-13-14)33-25(36)23-15(2)35(24(34-23)19-9-6-17(27)11-20(19)28)18-7-4-16(5-8-18)21(40(37,38)39)12-26(29,30)31/h3-11,13,21H,12H2,1-2H3,(H,32,33,36)(H,37,38,39). The third kappa shape index (κ3) is 6.64. The van der Waals surface area contributed by atoms with Gasteiger partial charge in [-0.3, -0.25) is 13.9 Å². The topological polar surface area (TPSA) is 114 Å². The zero-order valence-corrected chi connectivity index (χ0v) is 23.2. The van der Waals surface area contributed by atoms with E-state index in [9.17, 15) is 30.9 Å². The van der Waals surface area contributed by atoms with Crippen LogP contribution in [0.1, 0.15) is 39.0 Å². The van der Waals surface area contributed by atoms with Crippen molar-refractivity contribution in [1.82, 2.24) is 14.5 Å². The van der Waals surface area contributed by atoms with E-state index in [1.165, 1.54) is 18.2 Å². The van der Waals surface area contributed by atoms with Crippen molar-refractivity contribution in [2.45, 2.75) is 31.7 Å². The molecule has 0 spiro atoms. The maximum Gasteiger partial charge on any atom is 0.390 e. The van der Waals surface area contributed by atoms with E-state index in [4.69, 9.17) is 23.2 Å². The molecular weight excluding hydrogens is 592 g/mol. The lowest BCUT2D eigenvalue weighted by Crippen LogP contribution is -2.20. The first-order chi connectivity index (χ1) is 18.6. The number of amides is 1. The van der Waals surface area contributed by atoms with E-state index in [-0.39, 0.29) is 22.1 Å². The number of nitrogens with one attached hydrogen (secondary N) is 1. The van der Waals surface area contributed by atoms with Gasteiger partial charge in [-0.15, -0.1) is 0 Å².